The van der Waals surface area contributed by atoms with Crippen LogP contribution in [0.15, 0.2) is 36.5 Å². The molecule has 208 valence electrons. The van der Waals surface area contributed by atoms with Crippen LogP contribution in [0.5, 0.6) is 0 Å². The van der Waals surface area contributed by atoms with E-state index in [1.165, 1.54) is 27.7 Å². The van der Waals surface area contributed by atoms with Crippen LogP contribution in [0.4, 0.5) is 0 Å². The minimum absolute atomic E-state index is 0.0923. The summed E-state index contributed by atoms with van der Waals surface area (Å²) in [5.41, 5.74) is -0.451. The van der Waals surface area contributed by atoms with Gasteiger partial charge in [0.15, 0.2) is 0 Å². The second-order valence-electron chi connectivity index (χ2n) is 7.88. The summed E-state index contributed by atoms with van der Waals surface area (Å²) in [6.07, 6.45) is 0.144. The Bertz CT molecular complexity index is 662. The minimum Gasteiger partial charge on any atom is -0.478 e. The summed E-state index contributed by atoms with van der Waals surface area (Å²) in [4.78, 5) is 50.6. The van der Waals surface area contributed by atoms with E-state index in [0.717, 1.165) is 0 Å². The second-order valence-corrected chi connectivity index (χ2v) is 7.88. The fraction of sp³-hybridized carbons (Fsp3) is 0.542. The summed E-state index contributed by atoms with van der Waals surface area (Å²) in [6.45, 7) is 15.9. The van der Waals surface area contributed by atoms with Crippen molar-refractivity contribution in [2.45, 2.75) is 47.5 Å². The Morgan fingerprint density at radius 1 is 0.722 bits per heavy atom. The third-order valence-electron chi connectivity index (χ3n) is 4.29. The molecule has 0 saturated carbocycles. The van der Waals surface area contributed by atoms with Crippen molar-refractivity contribution in [3.8, 4) is 0 Å². The van der Waals surface area contributed by atoms with E-state index in [1.54, 1.807) is 6.92 Å². The van der Waals surface area contributed by atoms with E-state index in [-0.39, 0.29) is 61.3 Å². The van der Waals surface area contributed by atoms with Gasteiger partial charge >= 0.3 is 23.9 Å². The van der Waals surface area contributed by atoms with E-state index in [4.69, 9.17) is 20.1 Å². The summed E-state index contributed by atoms with van der Waals surface area (Å²) in [7, 11) is 0. The lowest BCUT2D eigenvalue weighted by Crippen LogP contribution is -2.40. The van der Waals surface area contributed by atoms with Gasteiger partial charge in [-0.2, -0.15) is 0 Å². The first kappa shape index (κ1) is 39.8. The molecule has 0 saturated heterocycles. The molecule has 0 bridgehead atoms. The van der Waals surface area contributed by atoms with Crippen molar-refractivity contribution in [3.05, 3.63) is 36.5 Å². The first-order valence-corrected chi connectivity index (χ1v) is 10.5. The SMILES string of the molecule is C=C(C)C(=O)O.C=C(C)C(=O)O.C=C(C)C(=O)O.CC(=O)CC(=O)OCCC(C)C(CO)(CO)CO. The third kappa shape index (κ3) is 23.8. The molecule has 1 atom stereocenters. The number of hydrogen-bond acceptors (Lipinski definition) is 9. The predicted octanol–water partition coefficient (Wildman–Crippen LogP) is 1.44. The van der Waals surface area contributed by atoms with E-state index < -0.39 is 29.3 Å². The zero-order chi connectivity index (χ0) is 29.6. The lowest BCUT2D eigenvalue weighted by atomic mass is 9.77. The van der Waals surface area contributed by atoms with Crippen LogP contribution in [0.3, 0.4) is 0 Å². The lowest BCUT2D eigenvalue weighted by Gasteiger charge is -2.33. The zero-order valence-electron chi connectivity index (χ0n) is 21.6. The highest BCUT2D eigenvalue weighted by atomic mass is 16.5. The zero-order valence-corrected chi connectivity index (χ0v) is 21.6. The van der Waals surface area contributed by atoms with Crippen molar-refractivity contribution in [2.24, 2.45) is 11.3 Å². The number of aliphatic carboxylic acids is 3. The average molecular weight is 521 g/mol. The molecule has 0 aliphatic rings. The van der Waals surface area contributed by atoms with Gasteiger partial charge in [0.1, 0.15) is 12.2 Å². The molecule has 0 aromatic carbocycles. The van der Waals surface area contributed by atoms with Crippen LogP contribution >= 0.6 is 0 Å². The highest BCUT2D eigenvalue weighted by Crippen LogP contribution is 2.28. The summed E-state index contributed by atoms with van der Waals surface area (Å²) < 4.78 is 4.85. The van der Waals surface area contributed by atoms with Gasteiger partial charge in [-0.3, -0.25) is 9.59 Å². The van der Waals surface area contributed by atoms with Crippen molar-refractivity contribution in [3.63, 3.8) is 0 Å². The number of carbonyl (C=O) groups excluding carboxylic acids is 2. The number of carboxylic acid groups (broad SMARTS) is 3. The topological polar surface area (TPSA) is 216 Å². The second kappa shape index (κ2) is 22.1. The first-order valence-electron chi connectivity index (χ1n) is 10.5. The maximum absolute atomic E-state index is 11.1. The molecule has 1 unspecified atom stereocenters. The molecule has 0 spiro atoms. The molecule has 6 N–H and O–H groups in total. The number of ether oxygens (including phenoxy) is 1. The van der Waals surface area contributed by atoms with E-state index >= 15 is 0 Å². The maximum atomic E-state index is 11.1. The van der Waals surface area contributed by atoms with Gasteiger partial charge in [-0.15, -0.1) is 0 Å². The third-order valence-corrected chi connectivity index (χ3v) is 4.29. The molecule has 0 aliphatic carbocycles. The van der Waals surface area contributed by atoms with Gasteiger partial charge in [0.05, 0.1) is 26.4 Å². The molecule has 36 heavy (non-hydrogen) atoms. The highest BCUT2D eigenvalue weighted by Gasteiger charge is 2.34. The van der Waals surface area contributed by atoms with E-state index in [2.05, 4.69) is 19.7 Å². The van der Waals surface area contributed by atoms with Crippen LogP contribution in [-0.2, 0) is 28.7 Å². The number of esters is 1. The number of hydrogen-bond donors (Lipinski definition) is 6. The van der Waals surface area contributed by atoms with E-state index in [0.29, 0.717) is 6.42 Å². The molecule has 0 heterocycles. The number of ketones is 1. The Balaban J connectivity index is -0.000000231. The number of carbonyl (C=O) groups is 5. The van der Waals surface area contributed by atoms with E-state index in [9.17, 15) is 39.3 Å². The molecule has 0 amide bonds. The summed E-state index contributed by atoms with van der Waals surface area (Å²) in [5, 5.41) is 51.3. The number of aliphatic hydroxyl groups is 3. The number of rotatable bonds is 12. The summed E-state index contributed by atoms with van der Waals surface area (Å²) in [5.74, 6) is -3.87. The number of Topliss-reactive ketones (excluding diaryl/α,β-unsaturated/α-hetero) is 1. The van der Waals surface area contributed by atoms with Crippen molar-refractivity contribution in [1.29, 1.82) is 0 Å². The van der Waals surface area contributed by atoms with Crippen molar-refractivity contribution in [1.82, 2.24) is 0 Å². The van der Waals surface area contributed by atoms with Gasteiger partial charge < -0.3 is 35.4 Å². The summed E-state index contributed by atoms with van der Waals surface area (Å²) in [6, 6.07) is 0. The van der Waals surface area contributed by atoms with Crippen LogP contribution < -0.4 is 0 Å². The van der Waals surface area contributed by atoms with Crippen molar-refractivity contribution in [2.75, 3.05) is 26.4 Å². The number of aliphatic hydroxyl groups excluding tert-OH is 3. The molecule has 12 heteroatoms. The smallest absolute Gasteiger partial charge is 0.330 e. The largest absolute Gasteiger partial charge is 0.478 e. The van der Waals surface area contributed by atoms with Gasteiger partial charge in [0.2, 0.25) is 0 Å². The highest BCUT2D eigenvalue weighted by molar-refractivity contribution is 5.94. The molecular weight excluding hydrogens is 480 g/mol. The monoisotopic (exact) mass is 520 g/mol. The van der Waals surface area contributed by atoms with Crippen LogP contribution in [0.2, 0.25) is 0 Å². The van der Waals surface area contributed by atoms with E-state index in [1.807, 2.05) is 0 Å². The Morgan fingerprint density at radius 3 is 1.19 bits per heavy atom. The van der Waals surface area contributed by atoms with Gasteiger partial charge in [0.25, 0.3) is 0 Å². The van der Waals surface area contributed by atoms with Crippen molar-refractivity contribution < 1.29 is 59.3 Å². The van der Waals surface area contributed by atoms with Crippen LogP contribution in [0, 0.1) is 11.3 Å². The maximum Gasteiger partial charge on any atom is 0.330 e. The molecule has 0 fully saturated rings. The van der Waals surface area contributed by atoms with Gasteiger partial charge in [0, 0.05) is 22.1 Å². The van der Waals surface area contributed by atoms with Gasteiger partial charge in [-0.05, 0) is 40.0 Å². The normalized spacial score (nSPS) is 10.3. The first-order chi connectivity index (χ1) is 16.3. The predicted molar refractivity (Wildman–Crippen MR) is 131 cm³/mol. The molecule has 0 aromatic rings. The fourth-order valence-corrected chi connectivity index (χ4v) is 1.53. The average Bonchev–Trinajstić information content (AvgIpc) is 2.76. The Kier molecular flexibility index (Phi) is 24.5. The van der Waals surface area contributed by atoms with Crippen LogP contribution in [0.1, 0.15) is 47.5 Å². The summed E-state index contributed by atoms with van der Waals surface area (Å²) >= 11 is 0. The molecule has 0 aliphatic heterocycles. The number of carboxylic acids is 3. The quantitative estimate of drug-likeness (QED) is 0.122. The molecule has 12 nitrogen and oxygen atoms in total. The fourth-order valence-electron chi connectivity index (χ4n) is 1.53. The molecule has 0 rings (SSSR count). The van der Waals surface area contributed by atoms with Gasteiger partial charge in [-0.25, -0.2) is 14.4 Å². The molecule has 0 aromatic heterocycles. The van der Waals surface area contributed by atoms with Crippen LogP contribution in [-0.4, -0.2) is 86.7 Å². The van der Waals surface area contributed by atoms with Gasteiger partial charge in [-0.1, -0.05) is 26.7 Å². The Hall–Kier alpha value is -3.35. The standard InChI is InChI=1S/C12H22O6.3C4H6O2/c1-9(12(6-13,7-14)8-15)3-4-18-11(17)5-10(2)16;3*1-3(2)4(5)6/h9,13-15H,3-8H2,1-2H3;3*1H2,2H3,(H,5,6). The Morgan fingerprint density at radius 2 is 1.00 bits per heavy atom. The lowest BCUT2D eigenvalue weighted by molar-refractivity contribution is -0.146. The Labute approximate surface area is 211 Å². The molecule has 0 radical (unpaired) electrons. The minimum atomic E-state index is -0.979. The molecular formula is C24H40O12. The van der Waals surface area contributed by atoms with Crippen molar-refractivity contribution >= 4 is 29.7 Å². The van der Waals surface area contributed by atoms with Crippen LogP contribution in [0.25, 0.3) is 0 Å².